The number of hydrogen-bond acceptors (Lipinski definition) is 12. The van der Waals surface area contributed by atoms with Gasteiger partial charge in [-0.1, -0.05) is 17.7 Å². The molecular formula is C27H36ClN9O4. The molecule has 0 unspecified atom stereocenters. The van der Waals surface area contributed by atoms with Crippen LogP contribution in [0.5, 0.6) is 11.6 Å². The summed E-state index contributed by atoms with van der Waals surface area (Å²) in [7, 11) is 8.46. The molecule has 0 aliphatic carbocycles. The highest BCUT2D eigenvalue weighted by molar-refractivity contribution is 6.32. The number of anilines is 4. The van der Waals surface area contributed by atoms with Gasteiger partial charge in [0.2, 0.25) is 17.8 Å². The molecule has 1 saturated heterocycles. The second-order valence-electron chi connectivity index (χ2n) is 9.41. The molecule has 1 aliphatic rings. The van der Waals surface area contributed by atoms with Crippen molar-refractivity contribution >= 4 is 41.0 Å². The number of rotatable bonds is 12. The Hall–Kier alpha value is -4.10. The highest BCUT2D eigenvalue weighted by Crippen LogP contribution is 2.29. The predicted octanol–water partition coefficient (Wildman–Crippen LogP) is 2.32. The highest BCUT2D eigenvalue weighted by atomic mass is 35.5. The molecule has 1 amide bonds. The second kappa shape index (κ2) is 14.0. The van der Waals surface area contributed by atoms with Crippen molar-refractivity contribution in [2.45, 2.75) is 6.54 Å². The summed E-state index contributed by atoms with van der Waals surface area (Å²) >= 11 is 6.32. The van der Waals surface area contributed by atoms with Gasteiger partial charge in [0.05, 0.1) is 25.8 Å². The second-order valence-corrected chi connectivity index (χ2v) is 9.82. The number of halogens is 1. The van der Waals surface area contributed by atoms with Crippen LogP contribution in [0.25, 0.3) is 0 Å². The lowest BCUT2D eigenvalue weighted by Crippen LogP contribution is -2.47. The fraction of sp³-hybridized carbons (Fsp3) is 0.444. The van der Waals surface area contributed by atoms with Crippen LogP contribution >= 0.6 is 11.6 Å². The van der Waals surface area contributed by atoms with Gasteiger partial charge in [-0.05, 0) is 23.8 Å². The molecule has 0 spiro atoms. The molecule has 0 bridgehead atoms. The highest BCUT2D eigenvalue weighted by Gasteiger charge is 2.26. The van der Waals surface area contributed by atoms with E-state index in [0.29, 0.717) is 74.4 Å². The van der Waals surface area contributed by atoms with Crippen molar-refractivity contribution in [2.75, 3.05) is 94.8 Å². The summed E-state index contributed by atoms with van der Waals surface area (Å²) < 4.78 is 15.9. The molecule has 1 aromatic carbocycles. The van der Waals surface area contributed by atoms with E-state index in [4.69, 9.17) is 30.8 Å². The minimum Gasteiger partial charge on any atom is -0.495 e. The summed E-state index contributed by atoms with van der Waals surface area (Å²) in [6.45, 7) is 3.77. The number of amides is 1. The van der Waals surface area contributed by atoms with Crippen LogP contribution in [-0.4, -0.2) is 101 Å². The third kappa shape index (κ3) is 7.35. The first-order chi connectivity index (χ1) is 19.8. The zero-order chi connectivity index (χ0) is 29.4. The van der Waals surface area contributed by atoms with Crippen LogP contribution < -0.4 is 34.8 Å². The van der Waals surface area contributed by atoms with Crippen molar-refractivity contribution in [2.24, 2.45) is 0 Å². The number of aromatic nitrogens is 4. The van der Waals surface area contributed by atoms with E-state index in [2.05, 4.69) is 35.4 Å². The summed E-state index contributed by atoms with van der Waals surface area (Å²) in [5.41, 5.74) is 1.10. The maximum absolute atomic E-state index is 13.2. The molecule has 4 rings (SSSR count). The lowest BCUT2D eigenvalue weighted by atomic mass is 10.2. The zero-order valence-electron chi connectivity index (χ0n) is 24.0. The number of nitrogens with zero attached hydrogens (tertiary/aromatic N) is 7. The van der Waals surface area contributed by atoms with E-state index in [-0.39, 0.29) is 17.4 Å². The molecule has 2 aromatic heterocycles. The molecule has 220 valence electrons. The lowest BCUT2D eigenvalue weighted by Gasteiger charge is -2.35. The maximum atomic E-state index is 13.2. The van der Waals surface area contributed by atoms with Crippen molar-refractivity contribution in [3.63, 3.8) is 0 Å². The molecule has 0 radical (unpaired) electrons. The molecule has 3 heterocycles. The molecule has 2 N–H and O–H groups in total. The first-order valence-corrected chi connectivity index (χ1v) is 13.5. The molecule has 1 fully saturated rings. The van der Waals surface area contributed by atoms with E-state index >= 15 is 0 Å². The SMILES string of the molecule is COCCNC(=O)c1c(NCc2ccc(OC)c(Cl)c2)nc(N2CCN(c3ccnc(N(C)C)n3)CC2)nc1OC. The van der Waals surface area contributed by atoms with Crippen LogP contribution in [0.1, 0.15) is 15.9 Å². The predicted molar refractivity (Wildman–Crippen MR) is 159 cm³/mol. The quantitative estimate of drug-likeness (QED) is 0.302. The number of benzene rings is 1. The Balaban J connectivity index is 1.57. The van der Waals surface area contributed by atoms with E-state index in [9.17, 15) is 4.79 Å². The normalized spacial score (nSPS) is 13.1. The van der Waals surface area contributed by atoms with Gasteiger partial charge in [-0.2, -0.15) is 15.0 Å². The number of hydrogen-bond donors (Lipinski definition) is 2. The van der Waals surface area contributed by atoms with Crippen molar-refractivity contribution in [1.29, 1.82) is 0 Å². The van der Waals surface area contributed by atoms with Gasteiger partial charge >= 0.3 is 0 Å². The van der Waals surface area contributed by atoms with Crippen molar-refractivity contribution in [1.82, 2.24) is 25.3 Å². The van der Waals surface area contributed by atoms with Crippen molar-refractivity contribution in [3.05, 3.63) is 46.6 Å². The van der Waals surface area contributed by atoms with E-state index < -0.39 is 0 Å². The van der Waals surface area contributed by atoms with Crippen molar-refractivity contribution in [3.8, 4) is 11.6 Å². The molecule has 13 nitrogen and oxygen atoms in total. The van der Waals surface area contributed by atoms with Crippen LogP contribution in [0.2, 0.25) is 5.02 Å². The fourth-order valence-corrected chi connectivity index (χ4v) is 4.56. The van der Waals surface area contributed by atoms with Gasteiger partial charge in [-0.15, -0.1) is 0 Å². The molecule has 1 aliphatic heterocycles. The molecule has 0 saturated carbocycles. The Bertz CT molecular complexity index is 1340. The number of piperazine rings is 1. The van der Waals surface area contributed by atoms with Gasteiger partial charge in [-0.25, -0.2) is 4.98 Å². The van der Waals surface area contributed by atoms with Gasteiger partial charge in [0.1, 0.15) is 22.9 Å². The lowest BCUT2D eigenvalue weighted by molar-refractivity contribution is 0.0934. The van der Waals surface area contributed by atoms with Gasteiger partial charge in [0, 0.05) is 66.7 Å². The van der Waals surface area contributed by atoms with E-state index in [0.717, 1.165) is 11.4 Å². The largest absolute Gasteiger partial charge is 0.495 e. The Morgan fingerprint density at radius 2 is 1.78 bits per heavy atom. The molecular weight excluding hydrogens is 550 g/mol. The number of ether oxygens (including phenoxy) is 3. The topological polar surface area (TPSA) is 130 Å². The first-order valence-electron chi connectivity index (χ1n) is 13.1. The molecule has 3 aromatic rings. The minimum atomic E-state index is -0.369. The monoisotopic (exact) mass is 585 g/mol. The third-order valence-electron chi connectivity index (χ3n) is 6.47. The number of methoxy groups -OCH3 is 3. The van der Waals surface area contributed by atoms with Crippen LogP contribution in [0.3, 0.4) is 0 Å². The van der Waals surface area contributed by atoms with Gasteiger partial charge in [-0.3, -0.25) is 4.79 Å². The van der Waals surface area contributed by atoms with Crippen LogP contribution in [0.4, 0.5) is 23.5 Å². The fourth-order valence-electron chi connectivity index (χ4n) is 4.28. The van der Waals surface area contributed by atoms with Gasteiger partial charge < -0.3 is 39.5 Å². The van der Waals surface area contributed by atoms with Crippen LogP contribution in [0.15, 0.2) is 30.5 Å². The Morgan fingerprint density at radius 3 is 2.44 bits per heavy atom. The average Bonchev–Trinajstić information content (AvgIpc) is 2.99. The van der Waals surface area contributed by atoms with Gasteiger partial charge in [0.25, 0.3) is 5.91 Å². The first kappa shape index (κ1) is 29.9. The van der Waals surface area contributed by atoms with E-state index in [1.807, 2.05) is 31.1 Å². The summed E-state index contributed by atoms with van der Waals surface area (Å²) in [4.78, 5) is 37.7. The third-order valence-corrected chi connectivity index (χ3v) is 6.76. The molecule has 0 atom stereocenters. The average molecular weight is 586 g/mol. The van der Waals surface area contributed by atoms with Crippen LogP contribution in [0, 0.1) is 0 Å². The minimum absolute atomic E-state index is 0.175. The number of nitrogens with one attached hydrogen (secondary N) is 2. The van der Waals surface area contributed by atoms with E-state index in [1.165, 1.54) is 7.11 Å². The number of carbonyl (C=O) groups is 1. The Morgan fingerprint density at radius 1 is 1.02 bits per heavy atom. The standard InChI is InChI=1S/C27H36ClN9O4/c1-35(2)26-30-9-8-21(32-26)36-11-13-37(14-12-36)27-33-23(31-17-18-6-7-20(40-4)19(28)16-18)22(25(34-27)41-5)24(38)29-10-15-39-3/h6-9,16H,10-15,17H2,1-5H3,(H,29,38)(H,31,33,34). The Kier molecular flexibility index (Phi) is 10.2. The smallest absolute Gasteiger partial charge is 0.260 e. The maximum Gasteiger partial charge on any atom is 0.260 e. The zero-order valence-corrected chi connectivity index (χ0v) is 24.7. The van der Waals surface area contributed by atoms with Gasteiger partial charge in [0.15, 0.2) is 0 Å². The van der Waals surface area contributed by atoms with Crippen LogP contribution in [-0.2, 0) is 11.3 Å². The summed E-state index contributed by atoms with van der Waals surface area (Å²) in [6, 6.07) is 7.40. The number of carbonyl (C=O) groups excluding carboxylic acids is 1. The van der Waals surface area contributed by atoms with Crippen molar-refractivity contribution < 1.29 is 19.0 Å². The summed E-state index contributed by atoms with van der Waals surface area (Å²) in [5.74, 6) is 2.72. The molecule has 14 heteroatoms. The summed E-state index contributed by atoms with van der Waals surface area (Å²) in [5, 5.41) is 6.62. The Labute approximate surface area is 244 Å². The van der Waals surface area contributed by atoms with E-state index in [1.54, 1.807) is 32.5 Å². The molecule has 41 heavy (non-hydrogen) atoms. The summed E-state index contributed by atoms with van der Waals surface area (Å²) in [6.07, 6.45) is 1.77.